The van der Waals surface area contributed by atoms with Crippen LogP contribution in [0.1, 0.15) is 24.1 Å². The first kappa shape index (κ1) is 17.0. The molecule has 5 heteroatoms. The van der Waals surface area contributed by atoms with Crippen molar-refractivity contribution in [3.63, 3.8) is 0 Å². The van der Waals surface area contributed by atoms with E-state index in [0.29, 0.717) is 0 Å². The van der Waals surface area contributed by atoms with Crippen molar-refractivity contribution < 1.29 is 0 Å². The zero-order valence-corrected chi connectivity index (χ0v) is 16.1. The van der Waals surface area contributed by atoms with E-state index in [0.717, 1.165) is 45.0 Å². The van der Waals surface area contributed by atoms with Crippen LogP contribution < -0.4 is 5.56 Å². The van der Waals surface area contributed by atoms with Crippen LogP contribution in [0.3, 0.4) is 0 Å². The molecule has 0 bridgehead atoms. The summed E-state index contributed by atoms with van der Waals surface area (Å²) in [5.74, 6) is 0.219. The van der Waals surface area contributed by atoms with E-state index in [1.54, 1.807) is 12.4 Å². The van der Waals surface area contributed by atoms with Crippen molar-refractivity contribution in [1.29, 1.82) is 0 Å². The summed E-state index contributed by atoms with van der Waals surface area (Å²) < 4.78 is 1.92. The molecular weight excluding hydrogens is 372 g/mol. The molecule has 1 fully saturated rings. The van der Waals surface area contributed by atoms with Gasteiger partial charge >= 0.3 is 0 Å². The Morgan fingerprint density at radius 1 is 0.867 bits per heavy atom. The number of benzene rings is 2. The van der Waals surface area contributed by atoms with Crippen LogP contribution in [0.4, 0.5) is 0 Å². The van der Waals surface area contributed by atoms with Crippen LogP contribution in [0, 0.1) is 0 Å². The van der Waals surface area contributed by atoms with Gasteiger partial charge in [-0.25, -0.2) is 9.97 Å². The number of aromatic nitrogens is 4. The van der Waals surface area contributed by atoms with Gasteiger partial charge in [0.05, 0.1) is 11.2 Å². The highest BCUT2D eigenvalue weighted by atomic mass is 16.1. The summed E-state index contributed by atoms with van der Waals surface area (Å²) in [6.45, 7) is 0. The van der Waals surface area contributed by atoms with E-state index in [9.17, 15) is 4.79 Å². The maximum absolute atomic E-state index is 13.5. The quantitative estimate of drug-likeness (QED) is 0.447. The van der Waals surface area contributed by atoms with Gasteiger partial charge in [-0.1, -0.05) is 42.5 Å². The molecule has 0 N–H and O–H groups in total. The van der Waals surface area contributed by atoms with Gasteiger partial charge in [0.25, 0.3) is 5.56 Å². The van der Waals surface area contributed by atoms with Crippen molar-refractivity contribution in [1.82, 2.24) is 19.5 Å². The lowest BCUT2D eigenvalue weighted by atomic mass is 10.1. The van der Waals surface area contributed by atoms with Crippen molar-refractivity contribution in [2.75, 3.05) is 0 Å². The Morgan fingerprint density at radius 3 is 2.50 bits per heavy atom. The second-order valence-corrected chi connectivity index (χ2v) is 7.76. The molecule has 144 valence electrons. The summed E-state index contributed by atoms with van der Waals surface area (Å²) in [5, 5.41) is 2.79. The number of pyridine rings is 2. The molecule has 0 amide bonds. The van der Waals surface area contributed by atoms with E-state index in [1.165, 1.54) is 6.33 Å². The third kappa shape index (κ3) is 2.70. The molecule has 2 unspecified atom stereocenters. The number of fused-ring (bicyclic) bond motifs is 2. The molecular formula is C25H18N4O. The van der Waals surface area contributed by atoms with Crippen LogP contribution in [0.15, 0.2) is 90.2 Å². The molecule has 30 heavy (non-hydrogen) atoms. The van der Waals surface area contributed by atoms with Gasteiger partial charge in [-0.3, -0.25) is 9.78 Å². The summed E-state index contributed by atoms with van der Waals surface area (Å²) >= 11 is 0. The van der Waals surface area contributed by atoms with Gasteiger partial charge in [-0.2, -0.15) is 0 Å². The van der Waals surface area contributed by atoms with Crippen molar-refractivity contribution in [2.24, 2.45) is 0 Å². The molecule has 1 saturated carbocycles. The van der Waals surface area contributed by atoms with Crippen molar-refractivity contribution in [2.45, 2.75) is 18.4 Å². The molecule has 1 aliphatic rings. The predicted molar refractivity (Wildman–Crippen MR) is 117 cm³/mol. The van der Waals surface area contributed by atoms with Crippen LogP contribution in [0.25, 0.3) is 32.9 Å². The van der Waals surface area contributed by atoms with E-state index < -0.39 is 0 Å². The van der Waals surface area contributed by atoms with Gasteiger partial charge in [-0.15, -0.1) is 0 Å². The average Bonchev–Trinajstić information content (AvgIpc) is 3.60. The smallest absolute Gasteiger partial charge is 0.259 e. The van der Waals surface area contributed by atoms with Gasteiger partial charge in [0.1, 0.15) is 6.33 Å². The molecule has 2 atom stereocenters. The van der Waals surface area contributed by atoms with Crippen LogP contribution in [0.5, 0.6) is 0 Å². The molecule has 5 aromatic rings. The molecule has 0 spiro atoms. The molecule has 6 rings (SSSR count). The summed E-state index contributed by atoms with van der Waals surface area (Å²) in [7, 11) is 0. The first-order chi connectivity index (χ1) is 14.8. The molecule has 1 aliphatic carbocycles. The minimum absolute atomic E-state index is 0.0280. The molecule has 3 aromatic heterocycles. The molecule has 0 saturated heterocycles. The zero-order valence-electron chi connectivity index (χ0n) is 16.1. The lowest BCUT2D eigenvalue weighted by Gasteiger charge is -2.14. The fourth-order valence-electron chi connectivity index (χ4n) is 4.33. The number of hydrogen-bond donors (Lipinski definition) is 0. The summed E-state index contributed by atoms with van der Waals surface area (Å²) in [6.07, 6.45) is 5.92. The van der Waals surface area contributed by atoms with Gasteiger partial charge in [-0.05, 0) is 36.1 Å². The Morgan fingerprint density at radius 2 is 1.63 bits per heavy atom. The van der Waals surface area contributed by atoms with Crippen LogP contribution in [-0.2, 0) is 0 Å². The van der Waals surface area contributed by atoms with E-state index in [2.05, 4.69) is 34.2 Å². The number of rotatable bonds is 3. The van der Waals surface area contributed by atoms with Crippen LogP contribution in [0.2, 0.25) is 0 Å². The Hall–Kier alpha value is -3.86. The topological polar surface area (TPSA) is 60.7 Å². The Labute approximate surface area is 172 Å². The summed E-state index contributed by atoms with van der Waals surface area (Å²) in [6, 6.07) is 22.2. The zero-order chi connectivity index (χ0) is 20.1. The van der Waals surface area contributed by atoms with Crippen molar-refractivity contribution >= 4 is 21.7 Å². The van der Waals surface area contributed by atoms with Crippen molar-refractivity contribution in [3.05, 3.63) is 101 Å². The number of hydrogen-bond acceptors (Lipinski definition) is 4. The van der Waals surface area contributed by atoms with Gasteiger partial charge in [0.2, 0.25) is 0 Å². The number of para-hydroxylation sites is 1. The number of nitrogens with zero attached hydrogens (tertiary/aromatic N) is 4. The lowest BCUT2D eigenvalue weighted by molar-refractivity contribution is 0.695. The van der Waals surface area contributed by atoms with Crippen LogP contribution in [-0.4, -0.2) is 19.5 Å². The lowest BCUT2D eigenvalue weighted by Crippen LogP contribution is -2.22. The van der Waals surface area contributed by atoms with Crippen molar-refractivity contribution in [3.8, 4) is 11.3 Å². The Kier molecular flexibility index (Phi) is 3.74. The summed E-state index contributed by atoms with van der Waals surface area (Å²) in [4.78, 5) is 26.7. The molecule has 0 aliphatic heterocycles. The molecule has 0 radical (unpaired) electrons. The largest absolute Gasteiger partial charge is 0.304 e. The van der Waals surface area contributed by atoms with Crippen LogP contribution >= 0.6 is 0 Å². The highest BCUT2D eigenvalue weighted by Gasteiger charge is 2.43. The average molecular weight is 390 g/mol. The third-order valence-electron chi connectivity index (χ3n) is 5.91. The summed E-state index contributed by atoms with van der Waals surface area (Å²) in [5.41, 5.74) is 3.75. The Balaban J connectivity index is 1.50. The van der Waals surface area contributed by atoms with Gasteiger partial charge in [0, 0.05) is 46.4 Å². The van der Waals surface area contributed by atoms with Gasteiger partial charge in [0.15, 0.2) is 0 Å². The second kappa shape index (κ2) is 6.59. The molecule has 2 aromatic carbocycles. The van der Waals surface area contributed by atoms with E-state index in [-0.39, 0.29) is 17.5 Å². The minimum atomic E-state index is 0.0280. The standard InChI is InChI=1S/C25H18N4O/c30-25-19-7-3-1-6-17(19)11-23(18-13-26-15-27-14-18)29(25)24-12-20(24)22-10-9-16-5-2-4-8-21(16)28-22/h1-11,13-15,20,24H,12H2. The maximum atomic E-state index is 13.5. The maximum Gasteiger partial charge on any atom is 0.259 e. The first-order valence-corrected chi connectivity index (χ1v) is 10.0. The molecule has 5 nitrogen and oxygen atoms in total. The monoisotopic (exact) mass is 390 g/mol. The third-order valence-corrected chi connectivity index (χ3v) is 5.91. The second-order valence-electron chi connectivity index (χ2n) is 7.76. The SMILES string of the molecule is O=c1c2ccccc2cc(-c2cncnc2)n1C1CC1c1ccc2ccccc2n1. The van der Waals surface area contributed by atoms with Gasteiger partial charge < -0.3 is 4.57 Å². The highest BCUT2D eigenvalue weighted by Crippen LogP contribution is 2.51. The fourth-order valence-corrected chi connectivity index (χ4v) is 4.33. The predicted octanol–water partition coefficient (Wildman–Crippen LogP) is 4.74. The normalized spacial score (nSPS) is 18.0. The Bertz CT molecular complexity index is 1460. The van der Waals surface area contributed by atoms with E-state index in [1.807, 2.05) is 47.0 Å². The fraction of sp³-hybridized carbons (Fsp3) is 0.120. The highest BCUT2D eigenvalue weighted by molar-refractivity contribution is 5.85. The van der Waals surface area contributed by atoms with E-state index in [4.69, 9.17) is 4.98 Å². The van der Waals surface area contributed by atoms with E-state index >= 15 is 0 Å². The minimum Gasteiger partial charge on any atom is -0.304 e. The first-order valence-electron chi connectivity index (χ1n) is 10.0. The molecule has 3 heterocycles.